The lowest BCUT2D eigenvalue weighted by Crippen LogP contribution is -2.22. The minimum absolute atomic E-state index is 0.00124. The van der Waals surface area contributed by atoms with E-state index in [0.717, 1.165) is 27.7 Å². The normalized spacial score (nSPS) is 10.7. The van der Waals surface area contributed by atoms with Gasteiger partial charge in [-0.15, -0.1) is 0 Å². The van der Waals surface area contributed by atoms with Crippen molar-refractivity contribution in [1.82, 2.24) is 9.97 Å². The van der Waals surface area contributed by atoms with Gasteiger partial charge in [0.05, 0.1) is 17.8 Å². The summed E-state index contributed by atoms with van der Waals surface area (Å²) in [6.45, 7) is 2.04. The Morgan fingerprint density at radius 2 is 1.79 bits per heavy atom. The largest absolute Gasteiger partial charge is 0.508 e. The summed E-state index contributed by atoms with van der Waals surface area (Å²) in [6.07, 6.45) is 0. The molecule has 3 N–H and O–H groups in total. The molecule has 0 saturated heterocycles. The molecule has 0 fully saturated rings. The fourth-order valence-corrected chi connectivity index (χ4v) is 3.09. The third kappa shape index (κ3) is 4.32. The molecular weight excluding hydrogens is 364 g/mol. The van der Waals surface area contributed by atoms with E-state index in [-0.39, 0.29) is 18.2 Å². The minimum Gasteiger partial charge on any atom is -0.508 e. The van der Waals surface area contributed by atoms with Crippen LogP contribution in [0.5, 0.6) is 5.75 Å². The highest BCUT2D eigenvalue weighted by atomic mass is 16.3. The molecule has 4 rings (SSSR count). The second-order valence-electron chi connectivity index (χ2n) is 6.73. The molecule has 29 heavy (non-hydrogen) atoms. The monoisotopic (exact) mass is 384 g/mol. The zero-order chi connectivity index (χ0) is 20.2. The average molecular weight is 384 g/mol. The van der Waals surface area contributed by atoms with Gasteiger partial charge in [0.25, 0.3) is 0 Å². The lowest BCUT2D eigenvalue weighted by atomic mass is 10.0. The molecule has 1 heterocycles. The first kappa shape index (κ1) is 18.4. The number of amides is 1. The molecule has 0 bridgehead atoms. The van der Waals surface area contributed by atoms with E-state index in [4.69, 9.17) is 0 Å². The van der Waals surface area contributed by atoms with E-state index in [0.29, 0.717) is 11.6 Å². The molecular formula is C23H20N4O2. The number of hydrogen-bond donors (Lipinski definition) is 3. The number of fused-ring (bicyclic) bond motifs is 1. The van der Waals surface area contributed by atoms with E-state index < -0.39 is 0 Å². The third-order valence-electron chi connectivity index (χ3n) is 4.44. The summed E-state index contributed by atoms with van der Waals surface area (Å²) in [5, 5.41) is 16.2. The number of carbonyl (C=O) groups is 1. The van der Waals surface area contributed by atoms with Gasteiger partial charge in [-0.1, -0.05) is 48.0 Å². The third-order valence-corrected chi connectivity index (χ3v) is 4.44. The molecule has 0 atom stereocenters. The second-order valence-corrected chi connectivity index (χ2v) is 6.73. The summed E-state index contributed by atoms with van der Waals surface area (Å²) < 4.78 is 0. The van der Waals surface area contributed by atoms with Crippen LogP contribution in [0.2, 0.25) is 0 Å². The van der Waals surface area contributed by atoms with Crippen molar-refractivity contribution in [2.24, 2.45) is 0 Å². The highest BCUT2D eigenvalue weighted by molar-refractivity contribution is 5.95. The summed E-state index contributed by atoms with van der Waals surface area (Å²) in [4.78, 5) is 21.5. The lowest BCUT2D eigenvalue weighted by molar-refractivity contribution is -0.114. The minimum atomic E-state index is -0.260. The number of nitrogens with zero attached hydrogens (tertiary/aromatic N) is 2. The first-order valence-electron chi connectivity index (χ1n) is 9.25. The summed E-state index contributed by atoms with van der Waals surface area (Å²) in [5.41, 5.74) is 4.26. The topological polar surface area (TPSA) is 87.1 Å². The fraction of sp³-hybridized carbons (Fsp3) is 0.0870. The van der Waals surface area contributed by atoms with E-state index in [1.54, 1.807) is 18.2 Å². The molecule has 6 heteroatoms. The number of benzene rings is 3. The first-order chi connectivity index (χ1) is 14.1. The van der Waals surface area contributed by atoms with Gasteiger partial charge in [-0.05, 0) is 31.2 Å². The molecule has 4 aromatic rings. The van der Waals surface area contributed by atoms with Gasteiger partial charge in [-0.3, -0.25) is 4.79 Å². The molecule has 3 aromatic carbocycles. The predicted molar refractivity (Wildman–Crippen MR) is 115 cm³/mol. The summed E-state index contributed by atoms with van der Waals surface area (Å²) in [6, 6.07) is 22.3. The number of carbonyl (C=O) groups excluding carboxylic acids is 1. The molecule has 0 spiro atoms. The smallest absolute Gasteiger partial charge is 0.243 e. The van der Waals surface area contributed by atoms with Crippen LogP contribution < -0.4 is 10.6 Å². The van der Waals surface area contributed by atoms with E-state index >= 15 is 0 Å². The Morgan fingerprint density at radius 1 is 0.966 bits per heavy atom. The van der Waals surface area contributed by atoms with Crippen molar-refractivity contribution >= 4 is 28.4 Å². The van der Waals surface area contributed by atoms with Crippen LogP contribution in [0.25, 0.3) is 22.2 Å². The number of anilines is 2. The van der Waals surface area contributed by atoms with Gasteiger partial charge in [-0.2, -0.15) is 0 Å². The van der Waals surface area contributed by atoms with Gasteiger partial charge < -0.3 is 15.7 Å². The van der Waals surface area contributed by atoms with Gasteiger partial charge in [-0.25, -0.2) is 9.97 Å². The van der Waals surface area contributed by atoms with Crippen LogP contribution in [0, 0.1) is 6.92 Å². The van der Waals surface area contributed by atoms with Crippen LogP contribution >= 0.6 is 0 Å². The quantitative estimate of drug-likeness (QED) is 0.476. The standard InChI is InChI=1S/C23H20N4O2/c1-15-10-11-20-19(12-15)22(16-6-3-2-4-7-16)27-23(26-20)24-14-21(29)25-17-8-5-9-18(28)13-17/h2-13,28H,14H2,1H3,(H,25,29)(H,24,26,27). The number of phenolic OH excluding ortho intramolecular Hbond substituents is 1. The lowest BCUT2D eigenvalue weighted by Gasteiger charge is -2.11. The Bertz CT molecular complexity index is 1180. The van der Waals surface area contributed by atoms with Crippen LogP contribution in [0.15, 0.2) is 72.8 Å². The van der Waals surface area contributed by atoms with Gasteiger partial charge in [0.2, 0.25) is 11.9 Å². The molecule has 0 aliphatic rings. The van der Waals surface area contributed by atoms with Gasteiger partial charge in [0.15, 0.2) is 0 Å². The summed E-state index contributed by atoms with van der Waals surface area (Å²) in [5.74, 6) is 0.215. The Hall–Kier alpha value is -3.93. The number of nitrogens with one attached hydrogen (secondary N) is 2. The number of hydrogen-bond acceptors (Lipinski definition) is 5. The zero-order valence-corrected chi connectivity index (χ0v) is 15.9. The summed E-state index contributed by atoms with van der Waals surface area (Å²) >= 11 is 0. The highest BCUT2D eigenvalue weighted by Gasteiger charge is 2.11. The van der Waals surface area contributed by atoms with Crippen LogP contribution in [0.1, 0.15) is 5.56 Å². The molecule has 1 amide bonds. The molecule has 0 aliphatic carbocycles. The van der Waals surface area contributed by atoms with Crippen LogP contribution in [0.3, 0.4) is 0 Å². The molecule has 0 aliphatic heterocycles. The maximum Gasteiger partial charge on any atom is 0.243 e. The second kappa shape index (κ2) is 7.98. The molecule has 144 valence electrons. The Labute approximate surface area is 168 Å². The SMILES string of the molecule is Cc1ccc2nc(NCC(=O)Nc3cccc(O)c3)nc(-c3ccccc3)c2c1. The Kier molecular flexibility index (Phi) is 5.07. The van der Waals surface area contributed by atoms with Crippen molar-refractivity contribution in [2.45, 2.75) is 6.92 Å². The van der Waals surface area contributed by atoms with Crippen LogP contribution in [0.4, 0.5) is 11.6 Å². The number of phenols is 1. The van der Waals surface area contributed by atoms with Crippen molar-refractivity contribution in [3.05, 3.63) is 78.4 Å². The number of aromatic hydroxyl groups is 1. The molecule has 1 aromatic heterocycles. The van der Waals surface area contributed by atoms with Crippen molar-refractivity contribution in [3.63, 3.8) is 0 Å². The van der Waals surface area contributed by atoms with E-state index in [2.05, 4.69) is 26.7 Å². The van der Waals surface area contributed by atoms with Crippen LogP contribution in [-0.4, -0.2) is 27.5 Å². The van der Waals surface area contributed by atoms with Crippen molar-refractivity contribution in [1.29, 1.82) is 0 Å². The average Bonchev–Trinajstić information content (AvgIpc) is 2.72. The number of rotatable bonds is 5. The van der Waals surface area contributed by atoms with E-state index in [1.165, 1.54) is 6.07 Å². The zero-order valence-electron chi connectivity index (χ0n) is 15.9. The fourth-order valence-electron chi connectivity index (χ4n) is 3.09. The van der Waals surface area contributed by atoms with Crippen molar-refractivity contribution in [2.75, 3.05) is 17.2 Å². The van der Waals surface area contributed by atoms with E-state index in [1.807, 2.05) is 49.4 Å². The predicted octanol–water partition coefficient (Wildman–Crippen LogP) is 4.36. The van der Waals surface area contributed by atoms with E-state index in [9.17, 15) is 9.90 Å². The maximum atomic E-state index is 12.2. The Balaban J connectivity index is 1.59. The Morgan fingerprint density at radius 3 is 2.59 bits per heavy atom. The van der Waals surface area contributed by atoms with Crippen molar-refractivity contribution < 1.29 is 9.90 Å². The summed E-state index contributed by atoms with van der Waals surface area (Å²) in [7, 11) is 0. The first-order valence-corrected chi connectivity index (χ1v) is 9.25. The molecule has 0 unspecified atom stereocenters. The van der Waals surface area contributed by atoms with Gasteiger partial charge >= 0.3 is 0 Å². The van der Waals surface area contributed by atoms with Crippen molar-refractivity contribution in [3.8, 4) is 17.0 Å². The molecule has 6 nitrogen and oxygen atoms in total. The maximum absolute atomic E-state index is 12.2. The molecule has 0 radical (unpaired) electrons. The van der Waals surface area contributed by atoms with Crippen LogP contribution in [-0.2, 0) is 4.79 Å². The van der Waals surface area contributed by atoms with Gasteiger partial charge in [0.1, 0.15) is 5.75 Å². The number of aryl methyl sites for hydroxylation is 1. The number of aromatic nitrogens is 2. The molecule has 0 saturated carbocycles. The highest BCUT2D eigenvalue weighted by Crippen LogP contribution is 2.28. The van der Waals surface area contributed by atoms with Gasteiger partial charge in [0, 0.05) is 22.7 Å².